The predicted molar refractivity (Wildman–Crippen MR) is 57.8 cm³/mol. The summed E-state index contributed by atoms with van der Waals surface area (Å²) in [5, 5.41) is 0. The fraction of sp³-hybridized carbons (Fsp3) is 0.545. The summed E-state index contributed by atoms with van der Waals surface area (Å²) in [6, 6.07) is 3.61. The van der Waals surface area contributed by atoms with Crippen LogP contribution in [0.3, 0.4) is 0 Å². The molecule has 78 valence electrons. The van der Waals surface area contributed by atoms with E-state index in [2.05, 4.69) is 25.8 Å². The van der Waals surface area contributed by atoms with Gasteiger partial charge in [-0.3, -0.25) is 4.98 Å². The highest BCUT2D eigenvalue weighted by Crippen LogP contribution is 2.16. The largest absolute Gasteiger partial charge is 0.399 e. The number of nitrogens with zero attached hydrogens (tertiary/aromatic N) is 1. The highest BCUT2D eigenvalue weighted by molar-refractivity contribution is 5.36. The summed E-state index contributed by atoms with van der Waals surface area (Å²) in [6.07, 6.45) is 2.68. The van der Waals surface area contributed by atoms with Crippen LogP contribution in [-0.2, 0) is 11.3 Å². The topological polar surface area (TPSA) is 48.1 Å². The first-order chi connectivity index (χ1) is 6.53. The highest BCUT2D eigenvalue weighted by atomic mass is 16.5. The van der Waals surface area contributed by atoms with Crippen molar-refractivity contribution in [1.82, 2.24) is 4.98 Å². The SMILES string of the molecule is CCC(C)(C)OCc1cc(N)ccn1. The zero-order valence-electron chi connectivity index (χ0n) is 9.08. The predicted octanol–water partition coefficient (Wildman–Crippen LogP) is 2.37. The summed E-state index contributed by atoms with van der Waals surface area (Å²) >= 11 is 0. The third-order valence-corrected chi connectivity index (χ3v) is 2.30. The Labute approximate surface area is 85.3 Å². The molecule has 0 amide bonds. The quantitative estimate of drug-likeness (QED) is 0.800. The molecular formula is C11H18N2O. The molecule has 14 heavy (non-hydrogen) atoms. The Morgan fingerprint density at radius 2 is 2.21 bits per heavy atom. The molecular weight excluding hydrogens is 176 g/mol. The van der Waals surface area contributed by atoms with E-state index in [0.29, 0.717) is 6.61 Å². The first-order valence-corrected chi connectivity index (χ1v) is 4.88. The van der Waals surface area contributed by atoms with Gasteiger partial charge < -0.3 is 10.5 Å². The molecule has 1 aromatic heterocycles. The zero-order valence-corrected chi connectivity index (χ0v) is 9.08. The van der Waals surface area contributed by atoms with Crippen LogP contribution in [0.5, 0.6) is 0 Å². The third kappa shape index (κ3) is 3.34. The van der Waals surface area contributed by atoms with Crippen molar-refractivity contribution >= 4 is 5.69 Å². The molecule has 3 heteroatoms. The number of ether oxygens (including phenoxy) is 1. The summed E-state index contributed by atoms with van der Waals surface area (Å²) < 4.78 is 5.70. The lowest BCUT2D eigenvalue weighted by molar-refractivity contribution is -0.0330. The van der Waals surface area contributed by atoms with Crippen molar-refractivity contribution < 1.29 is 4.74 Å². The monoisotopic (exact) mass is 194 g/mol. The molecule has 0 aliphatic heterocycles. The van der Waals surface area contributed by atoms with Crippen LogP contribution in [0, 0.1) is 0 Å². The maximum atomic E-state index is 5.70. The second-order valence-corrected chi connectivity index (χ2v) is 3.98. The summed E-state index contributed by atoms with van der Waals surface area (Å²) in [5.74, 6) is 0. The van der Waals surface area contributed by atoms with Crippen molar-refractivity contribution in [3.8, 4) is 0 Å². The van der Waals surface area contributed by atoms with Crippen molar-refractivity contribution in [3.63, 3.8) is 0 Å². The molecule has 3 nitrogen and oxygen atoms in total. The average Bonchev–Trinajstić information content (AvgIpc) is 2.15. The van der Waals surface area contributed by atoms with E-state index in [9.17, 15) is 0 Å². The highest BCUT2D eigenvalue weighted by Gasteiger charge is 2.15. The van der Waals surface area contributed by atoms with Crippen LogP contribution < -0.4 is 5.73 Å². The summed E-state index contributed by atoms with van der Waals surface area (Å²) in [5.41, 5.74) is 7.15. The molecule has 2 N–H and O–H groups in total. The number of hydrogen-bond donors (Lipinski definition) is 1. The normalized spacial score (nSPS) is 11.6. The number of aromatic nitrogens is 1. The molecule has 0 atom stereocenters. The standard InChI is InChI=1S/C11H18N2O/c1-4-11(2,3)14-8-10-7-9(12)5-6-13-10/h5-7H,4,8H2,1-3H3,(H2,12,13). The minimum absolute atomic E-state index is 0.0910. The molecule has 1 aromatic rings. The Morgan fingerprint density at radius 3 is 2.79 bits per heavy atom. The van der Waals surface area contributed by atoms with Crippen LogP contribution in [0.2, 0.25) is 0 Å². The van der Waals surface area contributed by atoms with Crippen molar-refractivity contribution in [1.29, 1.82) is 0 Å². The van der Waals surface area contributed by atoms with E-state index in [-0.39, 0.29) is 5.60 Å². The van der Waals surface area contributed by atoms with Gasteiger partial charge in [-0.2, -0.15) is 0 Å². The van der Waals surface area contributed by atoms with Crippen molar-refractivity contribution in [3.05, 3.63) is 24.0 Å². The van der Waals surface area contributed by atoms with Crippen LogP contribution in [0.15, 0.2) is 18.3 Å². The van der Waals surface area contributed by atoms with Gasteiger partial charge in [-0.1, -0.05) is 6.92 Å². The smallest absolute Gasteiger partial charge is 0.0895 e. The molecule has 1 rings (SSSR count). The van der Waals surface area contributed by atoms with Gasteiger partial charge in [0.05, 0.1) is 17.9 Å². The molecule has 1 heterocycles. The van der Waals surface area contributed by atoms with Crippen molar-refractivity contribution in [2.75, 3.05) is 5.73 Å². The molecule has 0 aliphatic carbocycles. The minimum Gasteiger partial charge on any atom is -0.399 e. The van der Waals surface area contributed by atoms with Gasteiger partial charge in [0.1, 0.15) is 0 Å². The maximum absolute atomic E-state index is 5.70. The van der Waals surface area contributed by atoms with E-state index in [1.807, 2.05) is 6.07 Å². The van der Waals surface area contributed by atoms with Crippen LogP contribution in [0.1, 0.15) is 32.9 Å². The molecule has 0 bridgehead atoms. The first-order valence-electron chi connectivity index (χ1n) is 4.88. The van der Waals surface area contributed by atoms with E-state index in [0.717, 1.165) is 17.8 Å². The molecule has 0 fully saturated rings. The molecule has 0 radical (unpaired) electrons. The van der Waals surface area contributed by atoms with Gasteiger partial charge in [-0.05, 0) is 32.4 Å². The van der Waals surface area contributed by atoms with E-state index in [4.69, 9.17) is 10.5 Å². The fourth-order valence-electron chi connectivity index (χ4n) is 0.947. The Balaban J connectivity index is 2.54. The van der Waals surface area contributed by atoms with Crippen LogP contribution in [0.25, 0.3) is 0 Å². The fourth-order valence-corrected chi connectivity index (χ4v) is 0.947. The van der Waals surface area contributed by atoms with Gasteiger partial charge in [-0.15, -0.1) is 0 Å². The van der Waals surface area contributed by atoms with Gasteiger partial charge in [0.2, 0.25) is 0 Å². The zero-order chi connectivity index (χ0) is 10.6. The Morgan fingerprint density at radius 1 is 1.50 bits per heavy atom. The van der Waals surface area contributed by atoms with Gasteiger partial charge in [0, 0.05) is 11.9 Å². The molecule has 0 spiro atoms. The second kappa shape index (κ2) is 4.42. The Kier molecular flexibility index (Phi) is 3.47. The van der Waals surface area contributed by atoms with Crippen LogP contribution in [0.4, 0.5) is 5.69 Å². The van der Waals surface area contributed by atoms with Crippen molar-refractivity contribution in [2.24, 2.45) is 0 Å². The summed E-state index contributed by atoms with van der Waals surface area (Å²) in [6.45, 7) is 6.76. The van der Waals surface area contributed by atoms with Crippen LogP contribution >= 0.6 is 0 Å². The number of rotatable bonds is 4. The Bertz CT molecular complexity index is 297. The number of pyridine rings is 1. The van der Waals surface area contributed by atoms with Gasteiger partial charge in [-0.25, -0.2) is 0 Å². The molecule has 0 aliphatic rings. The van der Waals surface area contributed by atoms with E-state index in [1.54, 1.807) is 12.3 Å². The first kappa shape index (κ1) is 11.0. The third-order valence-electron chi connectivity index (χ3n) is 2.30. The Hall–Kier alpha value is -1.09. The van der Waals surface area contributed by atoms with Gasteiger partial charge in [0.15, 0.2) is 0 Å². The number of nitrogens with two attached hydrogens (primary N) is 1. The second-order valence-electron chi connectivity index (χ2n) is 3.98. The molecule has 0 aromatic carbocycles. The lowest BCUT2D eigenvalue weighted by Gasteiger charge is -2.23. The van der Waals surface area contributed by atoms with Gasteiger partial charge in [0.25, 0.3) is 0 Å². The molecule has 0 unspecified atom stereocenters. The number of hydrogen-bond acceptors (Lipinski definition) is 3. The van der Waals surface area contributed by atoms with Crippen LogP contribution in [-0.4, -0.2) is 10.6 Å². The molecule has 0 saturated carbocycles. The maximum Gasteiger partial charge on any atom is 0.0895 e. The summed E-state index contributed by atoms with van der Waals surface area (Å²) in [7, 11) is 0. The lowest BCUT2D eigenvalue weighted by atomic mass is 10.1. The number of nitrogen functional groups attached to an aromatic ring is 1. The van der Waals surface area contributed by atoms with Crippen molar-refractivity contribution in [2.45, 2.75) is 39.4 Å². The van der Waals surface area contributed by atoms with E-state index < -0.39 is 0 Å². The van der Waals surface area contributed by atoms with E-state index >= 15 is 0 Å². The van der Waals surface area contributed by atoms with Gasteiger partial charge >= 0.3 is 0 Å². The minimum atomic E-state index is -0.0910. The lowest BCUT2D eigenvalue weighted by Crippen LogP contribution is -2.22. The average molecular weight is 194 g/mol. The van der Waals surface area contributed by atoms with E-state index in [1.165, 1.54) is 0 Å². The number of anilines is 1. The summed E-state index contributed by atoms with van der Waals surface area (Å²) in [4.78, 5) is 4.17. The molecule has 0 saturated heterocycles.